The van der Waals surface area contributed by atoms with Crippen molar-refractivity contribution in [3.63, 3.8) is 0 Å². The molecule has 2 aliphatic heterocycles. The van der Waals surface area contributed by atoms with Crippen molar-refractivity contribution in [3.05, 3.63) is 114 Å². The van der Waals surface area contributed by atoms with Crippen molar-refractivity contribution in [2.75, 3.05) is 24.5 Å². The lowest BCUT2D eigenvalue weighted by atomic mass is 9.98. The predicted octanol–water partition coefficient (Wildman–Crippen LogP) is 5.92. The van der Waals surface area contributed by atoms with E-state index in [0.717, 1.165) is 49.3 Å². The van der Waals surface area contributed by atoms with Gasteiger partial charge in [0.05, 0.1) is 18.2 Å². The SMILES string of the molecule is Cc1nc(Oc2ccc(C(=O)O)cc2)ccc1CN1CCC(N2C(=O)N(c3ccccn3)C[C@H]2c2ccccc2)CC1. The summed E-state index contributed by atoms with van der Waals surface area (Å²) in [6.45, 7) is 5.10. The highest BCUT2D eigenvalue weighted by atomic mass is 16.5. The van der Waals surface area contributed by atoms with E-state index in [2.05, 4.69) is 31.9 Å². The molecule has 9 nitrogen and oxygen atoms in total. The molecule has 2 aromatic carbocycles. The molecule has 4 heterocycles. The van der Waals surface area contributed by atoms with Crippen molar-refractivity contribution in [3.8, 4) is 11.6 Å². The second-order valence-electron chi connectivity index (χ2n) is 10.7. The van der Waals surface area contributed by atoms with Gasteiger partial charge in [-0.2, -0.15) is 0 Å². The molecule has 0 radical (unpaired) electrons. The number of urea groups is 1. The average molecular weight is 564 g/mol. The van der Waals surface area contributed by atoms with Gasteiger partial charge in [0, 0.05) is 43.6 Å². The second-order valence-corrected chi connectivity index (χ2v) is 10.7. The fourth-order valence-electron chi connectivity index (χ4n) is 5.84. The predicted molar refractivity (Wildman–Crippen MR) is 159 cm³/mol. The zero-order chi connectivity index (χ0) is 29.1. The van der Waals surface area contributed by atoms with Crippen LogP contribution in [0.4, 0.5) is 10.6 Å². The number of rotatable bonds is 8. The molecule has 214 valence electrons. The number of ether oxygens (including phenoxy) is 1. The van der Waals surface area contributed by atoms with E-state index < -0.39 is 5.97 Å². The maximum Gasteiger partial charge on any atom is 0.335 e. The number of likely N-dealkylation sites (tertiary alicyclic amines) is 1. The van der Waals surface area contributed by atoms with Gasteiger partial charge in [0.25, 0.3) is 0 Å². The second kappa shape index (κ2) is 12.0. The number of piperidine rings is 1. The Balaban J connectivity index is 1.10. The molecule has 0 saturated carbocycles. The van der Waals surface area contributed by atoms with E-state index in [1.165, 1.54) is 12.1 Å². The summed E-state index contributed by atoms with van der Waals surface area (Å²) in [5.41, 5.74) is 3.37. The van der Waals surface area contributed by atoms with Gasteiger partial charge in [-0.1, -0.05) is 42.5 Å². The first-order chi connectivity index (χ1) is 20.5. The number of carbonyl (C=O) groups excluding carboxylic acids is 1. The summed E-state index contributed by atoms with van der Waals surface area (Å²) in [6, 6.07) is 26.3. The summed E-state index contributed by atoms with van der Waals surface area (Å²) in [7, 11) is 0. The van der Waals surface area contributed by atoms with Crippen molar-refractivity contribution in [2.24, 2.45) is 0 Å². The molecule has 2 amide bonds. The molecule has 9 heteroatoms. The number of nitrogens with zero attached hydrogens (tertiary/aromatic N) is 5. The Labute approximate surface area is 245 Å². The Hall–Kier alpha value is -4.76. The van der Waals surface area contributed by atoms with Crippen LogP contribution in [0.3, 0.4) is 0 Å². The number of benzene rings is 2. The highest BCUT2D eigenvalue weighted by molar-refractivity contribution is 5.94. The van der Waals surface area contributed by atoms with E-state index >= 15 is 0 Å². The van der Waals surface area contributed by atoms with Crippen molar-refractivity contribution >= 4 is 17.8 Å². The maximum absolute atomic E-state index is 13.8. The van der Waals surface area contributed by atoms with Gasteiger partial charge in [0.1, 0.15) is 11.6 Å². The molecular weight excluding hydrogens is 530 g/mol. The van der Waals surface area contributed by atoms with E-state index in [-0.39, 0.29) is 23.7 Å². The average Bonchev–Trinajstić information content (AvgIpc) is 3.37. The number of carbonyl (C=O) groups is 2. The van der Waals surface area contributed by atoms with Gasteiger partial charge in [-0.05, 0) is 67.3 Å². The molecule has 1 atom stereocenters. The smallest absolute Gasteiger partial charge is 0.335 e. The number of hydrogen-bond donors (Lipinski definition) is 1. The molecule has 2 aromatic heterocycles. The molecule has 2 saturated heterocycles. The molecule has 1 N–H and O–H groups in total. The lowest BCUT2D eigenvalue weighted by molar-refractivity contribution is 0.0696. The Bertz CT molecular complexity index is 1540. The van der Waals surface area contributed by atoms with Crippen molar-refractivity contribution < 1.29 is 19.4 Å². The number of amides is 2. The van der Waals surface area contributed by atoms with Gasteiger partial charge in [-0.25, -0.2) is 19.6 Å². The summed E-state index contributed by atoms with van der Waals surface area (Å²) >= 11 is 0. The van der Waals surface area contributed by atoms with Crippen LogP contribution >= 0.6 is 0 Å². The van der Waals surface area contributed by atoms with Crippen LogP contribution in [-0.4, -0.2) is 62.6 Å². The van der Waals surface area contributed by atoms with Crippen LogP contribution in [0, 0.1) is 6.92 Å². The number of anilines is 1. The summed E-state index contributed by atoms with van der Waals surface area (Å²) in [5.74, 6) is 0.720. The highest BCUT2D eigenvalue weighted by Gasteiger charge is 2.43. The molecule has 0 unspecified atom stereocenters. The van der Waals surface area contributed by atoms with Crippen LogP contribution in [0.5, 0.6) is 11.6 Å². The molecule has 0 bridgehead atoms. The summed E-state index contributed by atoms with van der Waals surface area (Å²) in [5, 5.41) is 9.08. The molecular formula is C33H33N5O4. The van der Waals surface area contributed by atoms with Crippen LogP contribution in [-0.2, 0) is 6.54 Å². The van der Waals surface area contributed by atoms with E-state index in [9.17, 15) is 9.59 Å². The summed E-state index contributed by atoms with van der Waals surface area (Å²) < 4.78 is 5.84. The topological polar surface area (TPSA) is 99.1 Å². The van der Waals surface area contributed by atoms with Gasteiger partial charge < -0.3 is 14.7 Å². The number of aromatic nitrogens is 2. The van der Waals surface area contributed by atoms with Crippen molar-refractivity contribution in [1.82, 2.24) is 19.8 Å². The first-order valence-electron chi connectivity index (χ1n) is 14.2. The number of carboxylic acids is 1. The molecule has 0 aliphatic carbocycles. The molecule has 42 heavy (non-hydrogen) atoms. The Kier molecular flexibility index (Phi) is 7.83. The number of carboxylic acid groups (broad SMARTS) is 1. The zero-order valence-corrected chi connectivity index (χ0v) is 23.5. The Morgan fingerprint density at radius 1 is 0.952 bits per heavy atom. The van der Waals surface area contributed by atoms with Crippen LogP contribution in [0.25, 0.3) is 0 Å². The fourth-order valence-corrected chi connectivity index (χ4v) is 5.84. The van der Waals surface area contributed by atoms with E-state index in [1.54, 1.807) is 18.3 Å². The first kappa shape index (κ1) is 27.4. The van der Waals surface area contributed by atoms with E-state index in [4.69, 9.17) is 9.84 Å². The Morgan fingerprint density at radius 2 is 1.69 bits per heavy atom. The van der Waals surface area contributed by atoms with Crippen molar-refractivity contribution in [1.29, 1.82) is 0 Å². The van der Waals surface area contributed by atoms with Gasteiger partial charge >= 0.3 is 12.0 Å². The van der Waals surface area contributed by atoms with Crippen LogP contribution in [0.1, 0.15) is 46.1 Å². The number of pyridine rings is 2. The standard InChI is InChI=1S/C33H33N5O4/c1-23-26(12-15-31(35-23)42-28-13-10-25(11-14-28)32(39)40)21-36-19-16-27(17-20-36)38-29(24-7-3-2-4-8-24)22-37(33(38)41)30-9-5-6-18-34-30/h2-15,18,27,29H,16-17,19-22H2,1H3,(H,39,40)/t29-/m0/s1. The van der Waals surface area contributed by atoms with Gasteiger partial charge in [0.2, 0.25) is 5.88 Å². The molecule has 2 aliphatic rings. The van der Waals surface area contributed by atoms with Crippen LogP contribution < -0.4 is 9.64 Å². The monoisotopic (exact) mass is 563 g/mol. The van der Waals surface area contributed by atoms with Crippen LogP contribution in [0.2, 0.25) is 0 Å². The number of hydrogen-bond acceptors (Lipinski definition) is 6. The third-order valence-corrected chi connectivity index (χ3v) is 8.09. The lowest BCUT2D eigenvalue weighted by Crippen LogP contribution is -2.47. The molecule has 4 aromatic rings. The molecule has 2 fully saturated rings. The molecule has 0 spiro atoms. The van der Waals surface area contributed by atoms with Gasteiger partial charge in [-0.15, -0.1) is 0 Å². The Morgan fingerprint density at radius 3 is 2.36 bits per heavy atom. The number of aromatic carboxylic acids is 1. The lowest BCUT2D eigenvalue weighted by Gasteiger charge is -2.39. The largest absolute Gasteiger partial charge is 0.478 e. The minimum Gasteiger partial charge on any atom is -0.478 e. The third kappa shape index (κ3) is 5.82. The minimum absolute atomic E-state index is 0.0171. The maximum atomic E-state index is 13.8. The molecule has 6 rings (SSSR count). The third-order valence-electron chi connectivity index (χ3n) is 8.09. The first-order valence-corrected chi connectivity index (χ1v) is 14.2. The zero-order valence-electron chi connectivity index (χ0n) is 23.5. The fraction of sp³-hybridized carbons (Fsp3) is 0.273. The van der Waals surface area contributed by atoms with E-state index in [0.29, 0.717) is 24.0 Å². The number of aryl methyl sites for hydroxylation is 1. The van der Waals surface area contributed by atoms with Crippen molar-refractivity contribution in [2.45, 2.75) is 38.4 Å². The van der Waals surface area contributed by atoms with E-state index in [1.807, 2.05) is 60.4 Å². The minimum atomic E-state index is -0.974. The summed E-state index contributed by atoms with van der Waals surface area (Å²) in [4.78, 5) is 40.2. The van der Waals surface area contributed by atoms with Gasteiger partial charge in [-0.3, -0.25) is 9.80 Å². The highest BCUT2D eigenvalue weighted by Crippen LogP contribution is 2.36. The van der Waals surface area contributed by atoms with Crippen LogP contribution in [0.15, 0.2) is 91.1 Å². The quantitative estimate of drug-likeness (QED) is 0.284. The van der Waals surface area contributed by atoms with Gasteiger partial charge in [0.15, 0.2) is 0 Å². The normalized spacial score (nSPS) is 17.9. The summed E-state index contributed by atoms with van der Waals surface area (Å²) in [6.07, 6.45) is 3.52.